The summed E-state index contributed by atoms with van der Waals surface area (Å²) in [5, 5.41) is 10.6. The number of hydrogen-bond acceptors (Lipinski definition) is 3. The van der Waals surface area contributed by atoms with Gasteiger partial charge in [0.15, 0.2) is 5.75 Å². The van der Waals surface area contributed by atoms with Crippen molar-refractivity contribution in [3.05, 3.63) is 33.1 Å². The van der Waals surface area contributed by atoms with Crippen LogP contribution in [0, 0.1) is 15.9 Å². The fourth-order valence-corrected chi connectivity index (χ4v) is 2.43. The monoisotopic (exact) mass is 305 g/mol. The van der Waals surface area contributed by atoms with Crippen LogP contribution in [0.3, 0.4) is 0 Å². The van der Waals surface area contributed by atoms with Crippen molar-refractivity contribution in [2.24, 2.45) is 0 Å². The molecule has 0 amide bonds. The van der Waals surface area contributed by atoms with Crippen LogP contribution < -0.4 is 4.43 Å². The lowest BCUT2D eigenvalue weighted by atomic mass is 10.2. The highest BCUT2D eigenvalue weighted by atomic mass is 35.5. The highest BCUT2D eigenvalue weighted by molar-refractivity contribution is 6.74. The molecule has 0 aliphatic heterocycles. The number of nitro benzene ring substituents is 1. The first kappa shape index (κ1) is 15.9. The molecule has 0 spiro atoms. The second kappa shape index (κ2) is 5.09. The quantitative estimate of drug-likeness (QED) is 0.459. The van der Waals surface area contributed by atoms with Crippen LogP contribution in [-0.4, -0.2) is 13.2 Å². The normalized spacial score (nSPS) is 12.4. The third-order valence-electron chi connectivity index (χ3n) is 3.39. The standard InChI is InChI=1S/C12H17ClFNO3Si/c1-12(2,3)19(4,5)18-11-8(13)6-7-9(10(11)14)15(16)17/h6-7H,1-5H3. The molecular weight excluding hydrogens is 289 g/mol. The van der Waals surface area contributed by atoms with Crippen molar-refractivity contribution >= 4 is 25.6 Å². The third-order valence-corrected chi connectivity index (χ3v) is 8.01. The summed E-state index contributed by atoms with van der Waals surface area (Å²) < 4.78 is 19.8. The van der Waals surface area contributed by atoms with Gasteiger partial charge in [0, 0.05) is 6.07 Å². The molecule has 0 radical (unpaired) electrons. The van der Waals surface area contributed by atoms with Crippen LogP contribution in [0.5, 0.6) is 5.75 Å². The summed E-state index contributed by atoms with van der Waals surface area (Å²) in [6.45, 7) is 9.80. The van der Waals surface area contributed by atoms with Crippen molar-refractivity contribution < 1.29 is 13.7 Å². The minimum atomic E-state index is -2.31. The van der Waals surface area contributed by atoms with Gasteiger partial charge in [0.1, 0.15) is 0 Å². The summed E-state index contributed by atoms with van der Waals surface area (Å²) >= 11 is 5.90. The van der Waals surface area contributed by atoms with Gasteiger partial charge in [0.2, 0.25) is 5.82 Å². The molecule has 106 valence electrons. The van der Waals surface area contributed by atoms with Crippen LogP contribution in [0.4, 0.5) is 10.1 Å². The summed E-state index contributed by atoms with van der Waals surface area (Å²) in [7, 11) is -2.31. The van der Waals surface area contributed by atoms with E-state index in [0.29, 0.717) is 0 Å². The van der Waals surface area contributed by atoms with Gasteiger partial charge in [-0.2, -0.15) is 4.39 Å². The maximum Gasteiger partial charge on any atom is 0.308 e. The van der Waals surface area contributed by atoms with Crippen molar-refractivity contribution in [3.8, 4) is 5.75 Å². The van der Waals surface area contributed by atoms with E-state index in [-0.39, 0.29) is 15.8 Å². The van der Waals surface area contributed by atoms with Gasteiger partial charge in [-0.05, 0) is 24.2 Å². The van der Waals surface area contributed by atoms with E-state index in [1.165, 1.54) is 6.07 Å². The van der Waals surface area contributed by atoms with Crippen molar-refractivity contribution in [2.75, 3.05) is 0 Å². The van der Waals surface area contributed by atoms with E-state index >= 15 is 0 Å². The van der Waals surface area contributed by atoms with E-state index < -0.39 is 24.7 Å². The average molecular weight is 306 g/mol. The minimum Gasteiger partial charge on any atom is -0.540 e. The Kier molecular flexibility index (Phi) is 4.26. The molecule has 1 aromatic rings. The molecular formula is C12H17ClFNO3Si. The van der Waals surface area contributed by atoms with Crippen LogP contribution in [0.2, 0.25) is 23.2 Å². The predicted octanol–water partition coefficient (Wildman–Crippen LogP) is 4.77. The third kappa shape index (κ3) is 3.25. The van der Waals surface area contributed by atoms with E-state index in [1.54, 1.807) is 0 Å². The van der Waals surface area contributed by atoms with Gasteiger partial charge in [0.25, 0.3) is 8.32 Å². The lowest BCUT2D eigenvalue weighted by molar-refractivity contribution is -0.387. The molecule has 1 aromatic carbocycles. The molecule has 0 N–H and O–H groups in total. The molecule has 0 unspecified atom stereocenters. The zero-order valence-corrected chi connectivity index (χ0v) is 13.3. The van der Waals surface area contributed by atoms with E-state index in [1.807, 2.05) is 33.9 Å². The fraction of sp³-hybridized carbons (Fsp3) is 0.500. The SMILES string of the molecule is CC(C)(C)[Si](C)(C)Oc1c(Cl)ccc([N+](=O)[O-])c1F. The number of nitrogens with zero attached hydrogens (tertiary/aromatic N) is 1. The summed E-state index contributed by atoms with van der Waals surface area (Å²) in [6.07, 6.45) is 0. The highest BCUT2D eigenvalue weighted by Crippen LogP contribution is 2.41. The Labute approximate surface area is 117 Å². The number of benzene rings is 1. The molecule has 0 aliphatic carbocycles. The molecule has 0 atom stereocenters. The molecule has 1 rings (SSSR count). The van der Waals surface area contributed by atoms with Gasteiger partial charge in [-0.15, -0.1) is 0 Å². The van der Waals surface area contributed by atoms with Crippen molar-refractivity contribution in [2.45, 2.75) is 38.9 Å². The van der Waals surface area contributed by atoms with Gasteiger partial charge in [-0.25, -0.2) is 0 Å². The molecule has 19 heavy (non-hydrogen) atoms. The maximum absolute atomic E-state index is 14.1. The molecule has 0 saturated carbocycles. The van der Waals surface area contributed by atoms with E-state index in [2.05, 4.69) is 0 Å². The zero-order chi connectivity index (χ0) is 15.0. The summed E-state index contributed by atoms with van der Waals surface area (Å²) in [6, 6.07) is 2.32. The molecule has 0 aromatic heterocycles. The van der Waals surface area contributed by atoms with Crippen LogP contribution in [0.15, 0.2) is 12.1 Å². The van der Waals surface area contributed by atoms with Gasteiger partial charge in [-0.3, -0.25) is 10.1 Å². The smallest absolute Gasteiger partial charge is 0.308 e. The van der Waals surface area contributed by atoms with Crippen molar-refractivity contribution in [3.63, 3.8) is 0 Å². The van der Waals surface area contributed by atoms with Crippen LogP contribution in [0.25, 0.3) is 0 Å². The van der Waals surface area contributed by atoms with Crippen LogP contribution >= 0.6 is 11.6 Å². The second-order valence-corrected chi connectivity index (χ2v) is 11.0. The van der Waals surface area contributed by atoms with Gasteiger partial charge in [0.05, 0.1) is 9.95 Å². The van der Waals surface area contributed by atoms with Crippen molar-refractivity contribution in [1.82, 2.24) is 0 Å². The summed E-state index contributed by atoms with van der Waals surface area (Å²) in [5.41, 5.74) is -0.627. The first-order valence-corrected chi connectivity index (χ1v) is 9.07. The Balaban J connectivity index is 3.29. The molecule has 0 heterocycles. The molecule has 7 heteroatoms. The molecule has 0 aliphatic rings. The predicted molar refractivity (Wildman–Crippen MR) is 75.9 cm³/mol. The molecule has 0 bridgehead atoms. The summed E-state index contributed by atoms with van der Waals surface area (Å²) in [4.78, 5) is 9.94. The van der Waals surface area contributed by atoms with E-state index in [9.17, 15) is 14.5 Å². The number of hydrogen-bond donors (Lipinski definition) is 0. The van der Waals surface area contributed by atoms with Crippen LogP contribution in [0.1, 0.15) is 20.8 Å². The number of halogens is 2. The Bertz CT molecular complexity index is 514. The maximum atomic E-state index is 14.1. The van der Waals surface area contributed by atoms with E-state index in [4.69, 9.17) is 16.0 Å². The highest BCUT2D eigenvalue weighted by Gasteiger charge is 2.40. The lowest BCUT2D eigenvalue weighted by Gasteiger charge is -2.36. The van der Waals surface area contributed by atoms with Gasteiger partial charge in [-0.1, -0.05) is 32.4 Å². The largest absolute Gasteiger partial charge is 0.540 e. The number of nitro groups is 1. The van der Waals surface area contributed by atoms with Crippen molar-refractivity contribution in [1.29, 1.82) is 0 Å². The Morgan fingerprint density at radius 2 is 1.89 bits per heavy atom. The lowest BCUT2D eigenvalue weighted by Crippen LogP contribution is -2.44. The first-order valence-electron chi connectivity index (χ1n) is 5.79. The second-order valence-electron chi connectivity index (χ2n) is 5.83. The van der Waals surface area contributed by atoms with Crippen LogP contribution in [-0.2, 0) is 0 Å². The topological polar surface area (TPSA) is 52.4 Å². The molecule has 0 fully saturated rings. The van der Waals surface area contributed by atoms with Gasteiger partial charge >= 0.3 is 5.69 Å². The first-order chi connectivity index (χ1) is 8.47. The molecule has 0 saturated heterocycles. The zero-order valence-electron chi connectivity index (χ0n) is 11.6. The Morgan fingerprint density at radius 3 is 2.32 bits per heavy atom. The van der Waals surface area contributed by atoms with Gasteiger partial charge < -0.3 is 4.43 Å². The summed E-state index contributed by atoms with van der Waals surface area (Å²) in [5.74, 6) is -1.23. The fourth-order valence-electron chi connectivity index (χ4n) is 1.16. The Hall–Kier alpha value is -1.14. The average Bonchev–Trinajstić information content (AvgIpc) is 2.21. The minimum absolute atomic E-state index is 0.0490. The van der Waals surface area contributed by atoms with E-state index in [0.717, 1.165) is 6.07 Å². The number of rotatable bonds is 3. The molecule has 4 nitrogen and oxygen atoms in total. The Morgan fingerprint density at radius 1 is 1.37 bits per heavy atom.